The number of benzene rings is 2. The molecule has 1 fully saturated rings. The topological polar surface area (TPSA) is 94.5 Å². The molecule has 1 unspecified atom stereocenters. The third-order valence-corrected chi connectivity index (χ3v) is 5.52. The molecule has 2 aromatic rings. The number of amides is 1. The fourth-order valence-electron chi connectivity index (χ4n) is 3.99. The number of methoxy groups -OCH3 is 3. The van der Waals surface area contributed by atoms with Crippen LogP contribution in [0.1, 0.15) is 37.4 Å². The molecule has 1 N–H and O–H groups in total. The van der Waals surface area contributed by atoms with E-state index >= 15 is 0 Å². The second-order valence-corrected chi connectivity index (χ2v) is 8.14. The van der Waals surface area contributed by atoms with Crippen LogP contribution in [0.15, 0.2) is 48.0 Å². The summed E-state index contributed by atoms with van der Waals surface area (Å²) in [6, 6.07) is 11.0. The van der Waals surface area contributed by atoms with Gasteiger partial charge in [-0.15, -0.1) is 0 Å². The Labute approximate surface area is 199 Å². The first-order valence-corrected chi connectivity index (χ1v) is 11.1. The number of ketones is 1. The van der Waals surface area contributed by atoms with Crippen LogP contribution in [0.2, 0.25) is 0 Å². The largest absolute Gasteiger partial charge is 0.507 e. The van der Waals surface area contributed by atoms with Crippen LogP contribution in [-0.4, -0.2) is 62.3 Å². The minimum absolute atomic E-state index is 0.00241. The second kappa shape index (κ2) is 11.1. The Kier molecular flexibility index (Phi) is 8.17. The van der Waals surface area contributed by atoms with Gasteiger partial charge in [0.15, 0.2) is 0 Å². The number of rotatable bonds is 10. The maximum atomic E-state index is 13.2. The molecule has 8 heteroatoms. The van der Waals surface area contributed by atoms with Gasteiger partial charge in [0.25, 0.3) is 11.7 Å². The number of ether oxygens (including phenoxy) is 4. The molecule has 1 amide bonds. The Morgan fingerprint density at radius 3 is 2.26 bits per heavy atom. The SMILES string of the molecule is COCCCN1C(=O)C(=O)/C(=C(/O)c2ccc(OC(C)C)cc2)C1c1cc(OC)ccc1OC. The van der Waals surface area contributed by atoms with Crippen LogP contribution in [0.4, 0.5) is 0 Å². The van der Waals surface area contributed by atoms with Gasteiger partial charge < -0.3 is 29.0 Å². The van der Waals surface area contributed by atoms with Gasteiger partial charge in [-0.1, -0.05) is 0 Å². The van der Waals surface area contributed by atoms with E-state index in [1.54, 1.807) is 49.6 Å². The molecule has 8 nitrogen and oxygen atoms in total. The van der Waals surface area contributed by atoms with Crippen molar-refractivity contribution in [1.29, 1.82) is 0 Å². The smallest absolute Gasteiger partial charge is 0.295 e. The van der Waals surface area contributed by atoms with E-state index in [-0.39, 0.29) is 24.0 Å². The highest BCUT2D eigenvalue weighted by atomic mass is 16.5. The third kappa shape index (κ3) is 5.17. The van der Waals surface area contributed by atoms with Gasteiger partial charge in [0.05, 0.1) is 31.9 Å². The Morgan fingerprint density at radius 1 is 1.00 bits per heavy atom. The van der Waals surface area contributed by atoms with Crippen molar-refractivity contribution in [3.05, 3.63) is 59.2 Å². The highest BCUT2D eigenvalue weighted by Gasteiger charge is 2.47. The van der Waals surface area contributed by atoms with E-state index in [1.807, 2.05) is 13.8 Å². The lowest BCUT2D eigenvalue weighted by molar-refractivity contribution is -0.140. The summed E-state index contributed by atoms with van der Waals surface area (Å²) >= 11 is 0. The summed E-state index contributed by atoms with van der Waals surface area (Å²) in [5, 5.41) is 11.2. The zero-order valence-corrected chi connectivity index (χ0v) is 20.2. The zero-order valence-electron chi connectivity index (χ0n) is 20.2. The van der Waals surface area contributed by atoms with Crippen molar-refractivity contribution in [1.82, 2.24) is 4.90 Å². The molecule has 0 bridgehead atoms. The highest BCUT2D eigenvalue weighted by molar-refractivity contribution is 6.46. The molecule has 0 spiro atoms. The van der Waals surface area contributed by atoms with Gasteiger partial charge in [-0.05, 0) is 62.7 Å². The van der Waals surface area contributed by atoms with E-state index in [4.69, 9.17) is 18.9 Å². The Morgan fingerprint density at radius 2 is 1.68 bits per heavy atom. The van der Waals surface area contributed by atoms with Crippen LogP contribution in [0.25, 0.3) is 5.76 Å². The minimum atomic E-state index is -0.853. The number of likely N-dealkylation sites (tertiary alicyclic amines) is 1. The predicted octanol–water partition coefficient (Wildman–Crippen LogP) is 3.95. The van der Waals surface area contributed by atoms with Crippen LogP contribution in [0, 0.1) is 0 Å². The molecule has 1 atom stereocenters. The van der Waals surface area contributed by atoms with Gasteiger partial charge >= 0.3 is 0 Å². The van der Waals surface area contributed by atoms with E-state index < -0.39 is 17.7 Å². The van der Waals surface area contributed by atoms with Crippen LogP contribution >= 0.6 is 0 Å². The summed E-state index contributed by atoms with van der Waals surface area (Å²) in [6.45, 7) is 4.52. The van der Waals surface area contributed by atoms with Gasteiger partial charge in [0.2, 0.25) is 0 Å². The van der Waals surface area contributed by atoms with Crippen LogP contribution in [0.5, 0.6) is 17.2 Å². The molecule has 3 rings (SSSR count). The molecule has 0 aliphatic carbocycles. The summed E-state index contributed by atoms with van der Waals surface area (Å²) in [7, 11) is 4.61. The summed E-state index contributed by atoms with van der Waals surface area (Å²) < 4.78 is 21.7. The lowest BCUT2D eigenvalue weighted by Gasteiger charge is -2.27. The number of carbonyl (C=O) groups excluding carboxylic acids is 2. The third-order valence-electron chi connectivity index (χ3n) is 5.52. The maximum absolute atomic E-state index is 13.2. The predicted molar refractivity (Wildman–Crippen MR) is 127 cm³/mol. The molecule has 0 saturated carbocycles. The minimum Gasteiger partial charge on any atom is -0.507 e. The van der Waals surface area contributed by atoms with E-state index in [1.165, 1.54) is 19.1 Å². The Hall–Kier alpha value is -3.52. The average molecular weight is 470 g/mol. The maximum Gasteiger partial charge on any atom is 0.295 e. The van der Waals surface area contributed by atoms with Gasteiger partial charge in [0, 0.05) is 31.4 Å². The van der Waals surface area contributed by atoms with Crippen molar-refractivity contribution >= 4 is 17.4 Å². The molecule has 1 heterocycles. The lowest BCUT2D eigenvalue weighted by atomic mass is 9.94. The van der Waals surface area contributed by atoms with E-state index in [0.717, 1.165) is 0 Å². The van der Waals surface area contributed by atoms with Crippen LogP contribution < -0.4 is 14.2 Å². The fourth-order valence-corrected chi connectivity index (χ4v) is 3.99. The van der Waals surface area contributed by atoms with Crippen molar-refractivity contribution in [3.8, 4) is 17.2 Å². The monoisotopic (exact) mass is 469 g/mol. The molecule has 1 saturated heterocycles. The number of hydrogen-bond donors (Lipinski definition) is 1. The van der Waals surface area contributed by atoms with Gasteiger partial charge in [-0.2, -0.15) is 0 Å². The van der Waals surface area contributed by atoms with Crippen molar-refractivity contribution < 1.29 is 33.6 Å². The highest BCUT2D eigenvalue weighted by Crippen LogP contribution is 2.44. The summed E-state index contributed by atoms with van der Waals surface area (Å²) in [5.41, 5.74) is 0.934. The van der Waals surface area contributed by atoms with Crippen molar-refractivity contribution in [2.45, 2.75) is 32.4 Å². The van der Waals surface area contributed by atoms with Crippen molar-refractivity contribution in [2.75, 3.05) is 34.5 Å². The standard InChI is InChI=1S/C26H31NO7/c1-16(2)34-18-9-7-17(8-10-18)24(28)22-23(20-15-19(32-4)11-12-21(20)33-5)27(13-6-14-31-3)26(30)25(22)29/h7-12,15-16,23,28H,6,13-14H2,1-5H3/b24-22+. The quantitative estimate of drug-likeness (QED) is 0.244. The van der Waals surface area contributed by atoms with E-state index in [0.29, 0.717) is 41.4 Å². The van der Waals surface area contributed by atoms with Gasteiger partial charge in [-0.3, -0.25) is 9.59 Å². The first-order chi connectivity index (χ1) is 16.3. The van der Waals surface area contributed by atoms with Crippen LogP contribution in [-0.2, 0) is 14.3 Å². The summed E-state index contributed by atoms with van der Waals surface area (Å²) in [6.07, 6.45) is 0.519. The molecule has 0 aromatic heterocycles. The van der Waals surface area contributed by atoms with Crippen molar-refractivity contribution in [2.24, 2.45) is 0 Å². The number of carbonyl (C=O) groups is 2. The summed E-state index contributed by atoms with van der Waals surface area (Å²) in [4.78, 5) is 27.7. The number of aliphatic hydroxyl groups is 1. The molecule has 1 aliphatic rings. The zero-order chi connectivity index (χ0) is 24.8. The number of nitrogens with zero attached hydrogens (tertiary/aromatic N) is 1. The Bertz CT molecular complexity index is 1060. The second-order valence-electron chi connectivity index (χ2n) is 8.14. The number of hydrogen-bond acceptors (Lipinski definition) is 7. The number of aliphatic hydroxyl groups excluding tert-OH is 1. The first kappa shape index (κ1) is 25.1. The van der Waals surface area contributed by atoms with Crippen molar-refractivity contribution in [3.63, 3.8) is 0 Å². The normalized spacial score (nSPS) is 17.4. The Balaban J connectivity index is 2.15. The fraction of sp³-hybridized carbons (Fsp3) is 0.385. The molecular formula is C26H31NO7. The number of Topliss-reactive ketones (excluding diaryl/α,β-unsaturated/α-hetero) is 1. The molecule has 0 radical (unpaired) electrons. The summed E-state index contributed by atoms with van der Waals surface area (Å²) in [5.74, 6) is -0.0692. The van der Waals surface area contributed by atoms with Crippen LogP contribution in [0.3, 0.4) is 0 Å². The molecular weight excluding hydrogens is 438 g/mol. The van der Waals surface area contributed by atoms with Gasteiger partial charge in [-0.25, -0.2) is 0 Å². The van der Waals surface area contributed by atoms with Gasteiger partial charge in [0.1, 0.15) is 23.0 Å². The average Bonchev–Trinajstić information content (AvgIpc) is 3.08. The van der Waals surface area contributed by atoms with E-state index in [9.17, 15) is 14.7 Å². The molecule has 182 valence electrons. The molecule has 2 aromatic carbocycles. The van der Waals surface area contributed by atoms with E-state index in [2.05, 4.69) is 0 Å². The molecule has 34 heavy (non-hydrogen) atoms. The first-order valence-electron chi connectivity index (χ1n) is 11.1. The lowest BCUT2D eigenvalue weighted by Crippen LogP contribution is -2.31. The molecule has 1 aliphatic heterocycles.